The van der Waals surface area contributed by atoms with Gasteiger partial charge in [0.2, 0.25) is 0 Å². The molecule has 1 aromatic rings. The van der Waals surface area contributed by atoms with E-state index in [0.717, 1.165) is 0 Å². The van der Waals surface area contributed by atoms with Crippen LogP contribution in [-0.4, -0.2) is 37.2 Å². The number of hydrogen-bond acceptors (Lipinski definition) is 4. The second kappa shape index (κ2) is 4.65. The van der Waals surface area contributed by atoms with Crippen molar-refractivity contribution < 1.29 is 13.5 Å². The van der Waals surface area contributed by atoms with Crippen LogP contribution < -0.4 is 5.32 Å². The Kier molecular flexibility index (Phi) is 3.54. The molecule has 0 aliphatic carbocycles. The molecule has 1 aromatic carbocycles. The lowest BCUT2D eigenvalue weighted by Gasteiger charge is -2.16. The quantitative estimate of drug-likeness (QED) is 0.869. The van der Waals surface area contributed by atoms with E-state index in [4.69, 9.17) is 23.2 Å². The SMILES string of the molecule is O=S1(=O)CC(O)C(Nc2cc(Cl)cc(Cl)c2)C1. The van der Waals surface area contributed by atoms with Crippen molar-refractivity contribution in [1.82, 2.24) is 0 Å². The molecular weight excluding hydrogens is 285 g/mol. The van der Waals surface area contributed by atoms with Crippen LogP contribution in [0.5, 0.6) is 0 Å². The maximum absolute atomic E-state index is 11.3. The van der Waals surface area contributed by atoms with E-state index in [-0.39, 0.29) is 11.5 Å². The molecule has 94 valence electrons. The molecule has 2 rings (SSSR count). The summed E-state index contributed by atoms with van der Waals surface area (Å²) >= 11 is 11.6. The highest BCUT2D eigenvalue weighted by Gasteiger charge is 2.36. The molecule has 7 heteroatoms. The van der Waals surface area contributed by atoms with Gasteiger partial charge >= 0.3 is 0 Å². The molecular formula is C10H11Cl2NO3S. The molecule has 2 atom stereocenters. The molecule has 0 saturated carbocycles. The van der Waals surface area contributed by atoms with Gasteiger partial charge in [-0.1, -0.05) is 23.2 Å². The number of anilines is 1. The highest BCUT2D eigenvalue weighted by molar-refractivity contribution is 7.91. The van der Waals surface area contributed by atoms with Crippen molar-refractivity contribution in [3.8, 4) is 0 Å². The van der Waals surface area contributed by atoms with Crippen LogP contribution in [0.2, 0.25) is 10.0 Å². The average molecular weight is 296 g/mol. The van der Waals surface area contributed by atoms with Crippen molar-refractivity contribution in [2.75, 3.05) is 16.8 Å². The normalized spacial score (nSPS) is 27.0. The van der Waals surface area contributed by atoms with Gasteiger partial charge in [0.15, 0.2) is 9.84 Å². The molecule has 0 radical (unpaired) electrons. The van der Waals surface area contributed by atoms with Crippen LogP contribution in [-0.2, 0) is 9.84 Å². The molecule has 4 nitrogen and oxygen atoms in total. The fourth-order valence-corrected chi connectivity index (χ4v) is 4.09. The first-order valence-electron chi connectivity index (χ1n) is 4.97. The Labute approximate surface area is 109 Å². The minimum Gasteiger partial charge on any atom is -0.390 e. The summed E-state index contributed by atoms with van der Waals surface area (Å²) in [6.45, 7) is 0. The smallest absolute Gasteiger partial charge is 0.155 e. The number of benzene rings is 1. The number of nitrogens with one attached hydrogen (secondary N) is 1. The van der Waals surface area contributed by atoms with Gasteiger partial charge in [-0.2, -0.15) is 0 Å². The fraction of sp³-hybridized carbons (Fsp3) is 0.400. The van der Waals surface area contributed by atoms with Crippen LogP contribution >= 0.6 is 23.2 Å². The molecule has 1 fully saturated rings. The van der Waals surface area contributed by atoms with Crippen molar-refractivity contribution in [2.24, 2.45) is 0 Å². The monoisotopic (exact) mass is 295 g/mol. The van der Waals surface area contributed by atoms with Crippen molar-refractivity contribution in [3.05, 3.63) is 28.2 Å². The average Bonchev–Trinajstić information content (AvgIpc) is 2.37. The van der Waals surface area contributed by atoms with Crippen LogP contribution in [0.15, 0.2) is 18.2 Å². The minimum atomic E-state index is -3.16. The summed E-state index contributed by atoms with van der Waals surface area (Å²) < 4.78 is 22.6. The Morgan fingerprint density at radius 1 is 1.18 bits per heavy atom. The molecule has 1 aliphatic heterocycles. The molecule has 2 N–H and O–H groups in total. The number of rotatable bonds is 2. The first-order valence-corrected chi connectivity index (χ1v) is 7.54. The Morgan fingerprint density at radius 2 is 1.76 bits per heavy atom. The van der Waals surface area contributed by atoms with Crippen LogP contribution in [0.1, 0.15) is 0 Å². The lowest BCUT2D eigenvalue weighted by molar-refractivity contribution is 0.190. The van der Waals surface area contributed by atoms with Gasteiger partial charge < -0.3 is 10.4 Å². The zero-order valence-electron chi connectivity index (χ0n) is 8.73. The number of sulfone groups is 1. The number of aliphatic hydroxyl groups is 1. The van der Waals surface area contributed by atoms with E-state index in [1.54, 1.807) is 18.2 Å². The summed E-state index contributed by atoms with van der Waals surface area (Å²) in [4.78, 5) is 0. The number of aliphatic hydroxyl groups excluding tert-OH is 1. The molecule has 2 unspecified atom stereocenters. The van der Waals surface area contributed by atoms with Crippen LogP contribution in [0.3, 0.4) is 0 Å². The maximum Gasteiger partial charge on any atom is 0.155 e. The van der Waals surface area contributed by atoms with E-state index in [2.05, 4.69) is 5.32 Å². The van der Waals surface area contributed by atoms with Gasteiger partial charge in [0.25, 0.3) is 0 Å². The first-order chi connectivity index (χ1) is 7.85. The van der Waals surface area contributed by atoms with Gasteiger partial charge in [-0.3, -0.25) is 0 Å². The number of hydrogen-bond donors (Lipinski definition) is 2. The summed E-state index contributed by atoms with van der Waals surface area (Å²) in [6.07, 6.45) is -0.905. The van der Waals surface area contributed by atoms with E-state index in [0.29, 0.717) is 15.7 Å². The summed E-state index contributed by atoms with van der Waals surface area (Å²) in [6, 6.07) is 4.32. The van der Waals surface area contributed by atoms with Gasteiger partial charge in [-0.05, 0) is 18.2 Å². The maximum atomic E-state index is 11.3. The van der Waals surface area contributed by atoms with E-state index < -0.39 is 22.0 Å². The predicted octanol–water partition coefficient (Wildman–Crippen LogP) is 1.56. The minimum absolute atomic E-state index is 0.0850. The van der Waals surface area contributed by atoms with E-state index in [1.807, 2.05) is 0 Å². The summed E-state index contributed by atoms with van der Waals surface area (Å²) in [7, 11) is -3.16. The van der Waals surface area contributed by atoms with Crippen molar-refractivity contribution in [3.63, 3.8) is 0 Å². The topological polar surface area (TPSA) is 66.4 Å². The van der Waals surface area contributed by atoms with Crippen molar-refractivity contribution in [1.29, 1.82) is 0 Å². The van der Waals surface area contributed by atoms with Gasteiger partial charge in [0, 0.05) is 15.7 Å². The molecule has 1 heterocycles. The summed E-state index contributed by atoms with van der Waals surface area (Å²) in [5.74, 6) is -0.294. The van der Waals surface area contributed by atoms with E-state index in [9.17, 15) is 13.5 Å². The highest BCUT2D eigenvalue weighted by atomic mass is 35.5. The Hall–Kier alpha value is -0.490. The number of halogens is 2. The molecule has 0 amide bonds. The second-order valence-electron chi connectivity index (χ2n) is 4.05. The predicted molar refractivity (Wildman–Crippen MR) is 68.5 cm³/mol. The van der Waals surface area contributed by atoms with Crippen LogP contribution in [0.4, 0.5) is 5.69 Å². The van der Waals surface area contributed by atoms with Crippen LogP contribution in [0, 0.1) is 0 Å². The van der Waals surface area contributed by atoms with Crippen LogP contribution in [0.25, 0.3) is 0 Å². The molecule has 1 aliphatic rings. The van der Waals surface area contributed by atoms with Gasteiger partial charge in [0.05, 0.1) is 23.7 Å². The lowest BCUT2D eigenvalue weighted by atomic mass is 10.2. The third kappa shape index (κ3) is 3.25. The Bertz CT molecular complexity index is 512. The molecule has 17 heavy (non-hydrogen) atoms. The van der Waals surface area contributed by atoms with Gasteiger partial charge in [0.1, 0.15) is 0 Å². The Morgan fingerprint density at radius 3 is 2.24 bits per heavy atom. The van der Waals surface area contributed by atoms with Crippen molar-refractivity contribution >= 4 is 38.7 Å². The zero-order chi connectivity index (χ0) is 12.6. The third-order valence-corrected chi connectivity index (χ3v) is 4.69. The van der Waals surface area contributed by atoms with Gasteiger partial charge in [-0.25, -0.2) is 8.42 Å². The standard InChI is InChI=1S/C10H11Cl2NO3S/c11-6-1-7(12)3-8(2-6)13-9-4-17(15,16)5-10(9)14/h1-3,9-10,13-14H,4-5H2. The molecule has 0 bridgehead atoms. The fourth-order valence-electron chi connectivity index (χ4n) is 1.82. The van der Waals surface area contributed by atoms with Gasteiger partial charge in [-0.15, -0.1) is 0 Å². The van der Waals surface area contributed by atoms with E-state index >= 15 is 0 Å². The zero-order valence-corrected chi connectivity index (χ0v) is 11.1. The second-order valence-corrected chi connectivity index (χ2v) is 7.08. The highest BCUT2D eigenvalue weighted by Crippen LogP contribution is 2.25. The first kappa shape index (κ1) is 13.0. The molecule has 0 spiro atoms. The lowest BCUT2D eigenvalue weighted by Crippen LogP contribution is -2.31. The van der Waals surface area contributed by atoms with E-state index in [1.165, 1.54) is 0 Å². The summed E-state index contributed by atoms with van der Waals surface area (Å²) in [5.41, 5.74) is 0.601. The third-order valence-electron chi connectivity index (χ3n) is 2.54. The summed E-state index contributed by atoms with van der Waals surface area (Å²) in [5, 5.41) is 13.5. The molecule has 0 aromatic heterocycles. The van der Waals surface area contributed by atoms with Crippen molar-refractivity contribution in [2.45, 2.75) is 12.1 Å². The largest absolute Gasteiger partial charge is 0.390 e. The molecule has 1 saturated heterocycles. The Balaban J connectivity index is 2.16.